The van der Waals surface area contributed by atoms with Crippen LogP contribution in [0.15, 0.2) is 22.9 Å². The lowest BCUT2D eigenvalue weighted by Gasteiger charge is -2.25. The zero-order chi connectivity index (χ0) is 14.7. The molecule has 0 saturated carbocycles. The average molecular weight is 289 g/mol. The first-order valence-electron chi connectivity index (χ1n) is 7.19. The van der Waals surface area contributed by atoms with Gasteiger partial charge in [0.1, 0.15) is 5.69 Å². The molecule has 0 unspecified atom stereocenters. The molecular formula is C14H19N5O2. The van der Waals surface area contributed by atoms with Crippen molar-refractivity contribution in [2.24, 2.45) is 0 Å². The predicted molar refractivity (Wildman–Crippen MR) is 75.8 cm³/mol. The van der Waals surface area contributed by atoms with Gasteiger partial charge in [0.05, 0.1) is 6.54 Å². The normalized spacial score (nSPS) is 16.0. The van der Waals surface area contributed by atoms with Gasteiger partial charge < -0.3 is 19.7 Å². The highest BCUT2D eigenvalue weighted by atomic mass is 16.5. The van der Waals surface area contributed by atoms with E-state index >= 15 is 0 Å². The Morgan fingerprint density at radius 3 is 3.05 bits per heavy atom. The summed E-state index contributed by atoms with van der Waals surface area (Å²) in [4.78, 5) is 16.4. The van der Waals surface area contributed by atoms with Gasteiger partial charge in [0, 0.05) is 12.2 Å². The largest absolute Gasteiger partial charge is 0.342 e. The minimum Gasteiger partial charge on any atom is -0.342 e. The van der Waals surface area contributed by atoms with Gasteiger partial charge in [-0.25, -0.2) is 0 Å². The van der Waals surface area contributed by atoms with E-state index in [0.29, 0.717) is 23.5 Å². The van der Waals surface area contributed by atoms with Gasteiger partial charge in [-0.1, -0.05) is 5.16 Å². The van der Waals surface area contributed by atoms with E-state index in [4.69, 9.17) is 4.52 Å². The number of nitrogens with one attached hydrogen (secondary N) is 2. The predicted octanol–water partition coefficient (Wildman–Crippen LogP) is 1.03. The fourth-order valence-electron chi connectivity index (χ4n) is 2.65. The second-order valence-electron chi connectivity index (χ2n) is 5.20. The summed E-state index contributed by atoms with van der Waals surface area (Å²) in [5.74, 6) is 0.868. The Balaban J connectivity index is 1.65. The summed E-state index contributed by atoms with van der Waals surface area (Å²) < 4.78 is 7.05. The summed E-state index contributed by atoms with van der Waals surface area (Å²) in [5.41, 5.74) is 0.679. The molecule has 2 aromatic rings. The SMILES string of the molecule is Cc1noc(CNC(=O)c2cccn2C2CCNCC2)n1. The maximum atomic E-state index is 12.3. The van der Waals surface area contributed by atoms with Crippen LogP contribution in [0.4, 0.5) is 0 Å². The summed E-state index contributed by atoms with van der Waals surface area (Å²) in [6.45, 7) is 3.98. The summed E-state index contributed by atoms with van der Waals surface area (Å²) in [5, 5.41) is 9.85. The van der Waals surface area contributed by atoms with Crippen LogP contribution >= 0.6 is 0 Å². The Hall–Kier alpha value is -2.15. The molecule has 2 aromatic heterocycles. The first kappa shape index (κ1) is 13.8. The Labute approximate surface area is 122 Å². The van der Waals surface area contributed by atoms with Gasteiger partial charge in [0.15, 0.2) is 5.82 Å². The van der Waals surface area contributed by atoms with E-state index in [9.17, 15) is 4.79 Å². The minimum atomic E-state index is -0.116. The number of rotatable bonds is 4. The molecular weight excluding hydrogens is 270 g/mol. The molecule has 7 nitrogen and oxygen atoms in total. The lowest BCUT2D eigenvalue weighted by Crippen LogP contribution is -2.32. The summed E-state index contributed by atoms with van der Waals surface area (Å²) in [6, 6.07) is 4.14. The molecule has 1 aliphatic heterocycles. The Morgan fingerprint density at radius 1 is 1.52 bits per heavy atom. The third-order valence-electron chi connectivity index (χ3n) is 3.68. The molecule has 0 aliphatic carbocycles. The second-order valence-corrected chi connectivity index (χ2v) is 5.20. The second kappa shape index (κ2) is 6.09. The number of hydrogen-bond donors (Lipinski definition) is 2. The van der Waals surface area contributed by atoms with Gasteiger partial charge in [-0.05, 0) is 45.0 Å². The van der Waals surface area contributed by atoms with Crippen LogP contribution in [-0.2, 0) is 6.54 Å². The van der Waals surface area contributed by atoms with Crippen molar-refractivity contribution in [2.75, 3.05) is 13.1 Å². The minimum absolute atomic E-state index is 0.116. The van der Waals surface area contributed by atoms with Gasteiger partial charge in [0.2, 0.25) is 5.89 Å². The van der Waals surface area contributed by atoms with Crippen molar-refractivity contribution in [1.29, 1.82) is 0 Å². The molecule has 3 heterocycles. The highest BCUT2D eigenvalue weighted by molar-refractivity contribution is 5.92. The number of amides is 1. The smallest absolute Gasteiger partial charge is 0.268 e. The monoisotopic (exact) mass is 289 g/mol. The van der Waals surface area contributed by atoms with Crippen LogP contribution in [0.5, 0.6) is 0 Å². The fraction of sp³-hybridized carbons (Fsp3) is 0.500. The van der Waals surface area contributed by atoms with E-state index in [1.54, 1.807) is 6.92 Å². The van der Waals surface area contributed by atoms with Gasteiger partial charge in [0.25, 0.3) is 5.91 Å². The van der Waals surface area contributed by atoms with Crippen molar-refractivity contribution in [3.63, 3.8) is 0 Å². The quantitative estimate of drug-likeness (QED) is 0.878. The highest BCUT2D eigenvalue weighted by Crippen LogP contribution is 2.21. The van der Waals surface area contributed by atoms with E-state index in [0.717, 1.165) is 25.9 Å². The molecule has 0 radical (unpaired) electrons. The molecule has 2 N–H and O–H groups in total. The summed E-state index contributed by atoms with van der Waals surface area (Å²) in [6.07, 6.45) is 4.05. The number of nitrogens with zero attached hydrogens (tertiary/aromatic N) is 3. The van der Waals surface area contributed by atoms with Crippen molar-refractivity contribution >= 4 is 5.91 Å². The van der Waals surface area contributed by atoms with Crippen LogP contribution in [0.3, 0.4) is 0 Å². The summed E-state index contributed by atoms with van der Waals surface area (Å²) in [7, 11) is 0. The number of carbonyl (C=O) groups is 1. The zero-order valence-electron chi connectivity index (χ0n) is 12.0. The first-order chi connectivity index (χ1) is 10.2. The summed E-state index contributed by atoms with van der Waals surface area (Å²) >= 11 is 0. The Morgan fingerprint density at radius 2 is 2.33 bits per heavy atom. The number of carbonyl (C=O) groups excluding carboxylic acids is 1. The van der Waals surface area contributed by atoms with E-state index in [2.05, 4.69) is 25.3 Å². The van der Waals surface area contributed by atoms with Crippen LogP contribution in [0.25, 0.3) is 0 Å². The maximum absolute atomic E-state index is 12.3. The van der Waals surface area contributed by atoms with Crippen LogP contribution < -0.4 is 10.6 Å². The molecule has 1 amide bonds. The molecule has 1 fully saturated rings. The fourth-order valence-corrected chi connectivity index (χ4v) is 2.65. The molecule has 3 rings (SSSR count). The average Bonchev–Trinajstić information content (AvgIpc) is 3.14. The van der Waals surface area contributed by atoms with Crippen LogP contribution in [0, 0.1) is 6.92 Å². The highest BCUT2D eigenvalue weighted by Gasteiger charge is 2.20. The topological polar surface area (TPSA) is 85.0 Å². The molecule has 112 valence electrons. The van der Waals surface area contributed by atoms with E-state index in [-0.39, 0.29) is 12.5 Å². The molecule has 0 atom stereocenters. The van der Waals surface area contributed by atoms with Gasteiger partial charge in [-0.15, -0.1) is 0 Å². The van der Waals surface area contributed by atoms with Gasteiger partial charge in [-0.2, -0.15) is 4.98 Å². The standard InChI is InChI=1S/C14H19N5O2/c1-10-17-13(21-18-10)9-16-14(20)12-3-2-8-19(12)11-4-6-15-7-5-11/h2-3,8,11,15H,4-7,9H2,1H3,(H,16,20). The van der Waals surface area contributed by atoms with Crippen LogP contribution in [-0.4, -0.2) is 33.7 Å². The maximum Gasteiger partial charge on any atom is 0.268 e. The van der Waals surface area contributed by atoms with E-state index in [1.165, 1.54) is 0 Å². The zero-order valence-corrected chi connectivity index (χ0v) is 12.0. The van der Waals surface area contributed by atoms with Crippen molar-refractivity contribution in [2.45, 2.75) is 32.4 Å². The molecule has 0 spiro atoms. The van der Waals surface area contributed by atoms with Crippen molar-refractivity contribution in [1.82, 2.24) is 25.3 Å². The number of piperidine rings is 1. The molecule has 0 bridgehead atoms. The van der Waals surface area contributed by atoms with E-state index in [1.807, 2.05) is 18.3 Å². The third-order valence-corrected chi connectivity index (χ3v) is 3.68. The van der Waals surface area contributed by atoms with Crippen LogP contribution in [0.1, 0.15) is 41.1 Å². The number of hydrogen-bond acceptors (Lipinski definition) is 5. The Kier molecular flexibility index (Phi) is 4.01. The van der Waals surface area contributed by atoms with Crippen molar-refractivity contribution in [3.8, 4) is 0 Å². The molecule has 1 aliphatic rings. The number of aryl methyl sites for hydroxylation is 1. The first-order valence-corrected chi connectivity index (χ1v) is 7.19. The number of aromatic nitrogens is 3. The van der Waals surface area contributed by atoms with Crippen LogP contribution in [0.2, 0.25) is 0 Å². The lowest BCUT2D eigenvalue weighted by molar-refractivity contribution is 0.0933. The molecule has 7 heteroatoms. The molecule has 1 saturated heterocycles. The lowest BCUT2D eigenvalue weighted by atomic mass is 10.1. The third kappa shape index (κ3) is 3.13. The van der Waals surface area contributed by atoms with Crippen molar-refractivity contribution < 1.29 is 9.32 Å². The van der Waals surface area contributed by atoms with Gasteiger partial charge in [-0.3, -0.25) is 4.79 Å². The van der Waals surface area contributed by atoms with E-state index < -0.39 is 0 Å². The van der Waals surface area contributed by atoms with Crippen molar-refractivity contribution in [3.05, 3.63) is 35.7 Å². The molecule has 21 heavy (non-hydrogen) atoms. The molecule has 0 aromatic carbocycles. The Bertz CT molecular complexity index is 612. The van der Waals surface area contributed by atoms with Gasteiger partial charge >= 0.3 is 0 Å².